The average Bonchev–Trinajstić information content (AvgIpc) is 3.36. The number of fused-ring (bicyclic) bond motifs is 1. The molecular formula is C20H20FN7. The van der Waals surface area contributed by atoms with Gasteiger partial charge < -0.3 is 10.3 Å². The first-order valence-electron chi connectivity index (χ1n) is 9.46. The molecule has 1 saturated carbocycles. The summed E-state index contributed by atoms with van der Waals surface area (Å²) in [6, 6.07) is 8.91. The number of aromatic nitrogens is 6. The van der Waals surface area contributed by atoms with E-state index in [-0.39, 0.29) is 17.9 Å². The van der Waals surface area contributed by atoms with Crippen LogP contribution in [-0.4, -0.2) is 35.6 Å². The third-order valence-electron chi connectivity index (χ3n) is 5.39. The molecule has 142 valence electrons. The van der Waals surface area contributed by atoms with E-state index >= 15 is 0 Å². The second-order valence-corrected chi connectivity index (χ2v) is 7.24. The van der Waals surface area contributed by atoms with E-state index in [1.165, 1.54) is 6.07 Å². The molecule has 0 amide bonds. The molecule has 3 aromatic heterocycles. The zero-order chi connectivity index (χ0) is 19.1. The molecule has 28 heavy (non-hydrogen) atoms. The second kappa shape index (κ2) is 6.79. The molecule has 1 aliphatic carbocycles. The molecule has 0 bridgehead atoms. The van der Waals surface area contributed by atoms with Crippen molar-refractivity contribution in [3.63, 3.8) is 0 Å². The van der Waals surface area contributed by atoms with E-state index in [1.54, 1.807) is 35.4 Å². The Morgan fingerprint density at radius 2 is 2.07 bits per heavy atom. The number of hydrogen-bond donors (Lipinski definition) is 1. The molecule has 1 aliphatic rings. The van der Waals surface area contributed by atoms with Gasteiger partial charge in [0.05, 0.1) is 35.2 Å². The summed E-state index contributed by atoms with van der Waals surface area (Å²) in [7, 11) is 0. The van der Waals surface area contributed by atoms with Crippen LogP contribution in [0.1, 0.15) is 31.7 Å². The zero-order valence-electron chi connectivity index (χ0n) is 15.2. The van der Waals surface area contributed by atoms with Crippen LogP contribution in [0.5, 0.6) is 0 Å². The van der Waals surface area contributed by atoms with Gasteiger partial charge in [-0.3, -0.25) is 0 Å². The number of pyridine rings is 1. The van der Waals surface area contributed by atoms with E-state index in [1.807, 2.05) is 12.1 Å². The van der Waals surface area contributed by atoms with Crippen molar-refractivity contribution in [2.75, 3.05) is 0 Å². The van der Waals surface area contributed by atoms with Crippen molar-refractivity contribution < 1.29 is 4.39 Å². The molecule has 4 aromatic rings. The summed E-state index contributed by atoms with van der Waals surface area (Å²) in [5.41, 5.74) is 8.35. The van der Waals surface area contributed by atoms with Gasteiger partial charge in [-0.25, -0.2) is 19.0 Å². The van der Waals surface area contributed by atoms with Gasteiger partial charge in [-0.05, 0) is 37.8 Å². The molecule has 2 atom stereocenters. The summed E-state index contributed by atoms with van der Waals surface area (Å²) in [6.07, 6.45) is 9.01. The minimum Gasteiger partial charge on any atom is -0.328 e. The number of nitrogens with two attached hydrogens (primary N) is 1. The predicted molar refractivity (Wildman–Crippen MR) is 103 cm³/mol. The Balaban J connectivity index is 1.72. The number of benzene rings is 1. The van der Waals surface area contributed by atoms with Crippen LogP contribution in [0.25, 0.3) is 28.2 Å². The Morgan fingerprint density at radius 3 is 2.86 bits per heavy atom. The van der Waals surface area contributed by atoms with E-state index in [2.05, 4.69) is 19.9 Å². The fourth-order valence-electron chi connectivity index (χ4n) is 4.08. The second-order valence-electron chi connectivity index (χ2n) is 7.24. The molecule has 0 unspecified atom stereocenters. The normalized spacial score (nSPS) is 19.9. The lowest BCUT2D eigenvalue weighted by molar-refractivity contribution is 0.327. The Hall–Kier alpha value is -3.13. The first kappa shape index (κ1) is 17.0. The molecule has 7 nitrogen and oxygen atoms in total. The summed E-state index contributed by atoms with van der Waals surface area (Å²) < 4.78 is 18.3. The molecule has 1 fully saturated rings. The van der Waals surface area contributed by atoms with Gasteiger partial charge in [0.25, 0.3) is 0 Å². The predicted octanol–water partition coefficient (Wildman–Crippen LogP) is 3.26. The monoisotopic (exact) mass is 377 g/mol. The molecule has 0 radical (unpaired) electrons. The van der Waals surface area contributed by atoms with Gasteiger partial charge in [0.1, 0.15) is 11.6 Å². The number of rotatable bonds is 3. The van der Waals surface area contributed by atoms with Gasteiger partial charge in [0.15, 0.2) is 5.82 Å². The van der Waals surface area contributed by atoms with Crippen molar-refractivity contribution in [2.45, 2.75) is 37.8 Å². The molecular weight excluding hydrogens is 357 g/mol. The summed E-state index contributed by atoms with van der Waals surface area (Å²) in [6.45, 7) is 0. The van der Waals surface area contributed by atoms with Crippen LogP contribution in [0.2, 0.25) is 0 Å². The Bertz CT molecular complexity index is 1120. The van der Waals surface area contributed by atoms with E-state index in [0.717, 1.165) is 36.7 Å². The van der Waals surface area contributed by atoms with E-state index in [4.69, 9.17) is 10.7 Å². The summed E-state index contributed by atoms with van der Waals surface area (Å²) in [5, 5.41) is 7.81. The van der Waals surface area contributed by atoms with Crippen LogP contribution in [0, 0.1) is 5.82 Å². The Labute approximate surface area is 161 Å². The number of imidazole rings is 1. The van der Waals surface area contributed by atoms with Crippen molar-refractivity contribution in [1.82, 2.24) is 29.5 Å². The van der Waals surface area contributed by atoms with Crippen molar-refractivity contribution >= 4 is 11.0 Å². The lowest BCUT2D eigenvalue weighted by Gasteiger charge is -2.29. The van der Waals surface area contributed by atoms with Crippen LogP contribution >= 0.6 is 0 Å². The Kier molecular flexibility index (Phi) is 4.12. The summed E-state index contributed by atoms with van der Waals surface area (Å²) in [5.74, 6) is 0.948. The molecule has 2 N–H and O–H groups in total. The molecule has 0 spiro atoms. The molecule has 1 aromatic carbocycles. The van der Waals surface area contributed by atoms with Crippen molar-refractivity contribution in [2.24, 2.45) is 5.73 Å². The largest absolute Gasteiger partial charge is 0.328 e. The fourth-order valence-corrected chi connectivity index (χ4v) is 4.08. The van der Waals surface area contributed by atoms with Crippen LogP contribution in [-0.2, 0) is 0 Å². The Morgan fingerprint density at radius 1 is 1.18 bits per heavy atom. The standard InChI is InChI=1S/C20H20FN7/c21-16-7-2-1-6-15(16)20-25-17-11-19(27-9-8-24-26-27)23-12-18(17)28(20)14-5-3-4-13(22)10-14/h1-2,6-9,11-14H,3-5,10,22H2/t13-,14+/m0/s1. The molecule has 8 heteroatoms. The maximum absolute atomic E-state index is 14.6. The van der Waals surface area contributed by atoms with E-state index < -0.39 is 0 Å². The number of hydrogen-bond acceptors (Lipinski definition) is 5. The van der Waals surface area contributed by atoms with E-state index in [0.29, 0.717) is 17.2 Å². The van der Waals surface area contributed by atoms with Crippen molar-refractivity contribution in [1.29, 1.82) is 0 Å². The fraction of sp³-hybridized carbons (Fsp3) is 0.300. The summed E-state index contributed by atoms with van der Waals surface area (Å²) in [4.78, 5) is 9.32. The number of nitrogens with zero attached hydrogens (tertiary/aromatic N) is 6. The van der Waals surface area contributed by atoms with Gasteiger partial charge >= 0.3 is 0 Å². The zero-order valence-corrected chi connectivity index (χ0v) is 15.2. The molecule has 5 rings (SSSR count). The lowest BCUT2D eigenvalue weighted by Crippen LogP contribution is -2.29. The van der Waals surface area contributed by atoms with Crippen LogP contribution in [0.15, 0.2) is 48.9 Å². The van der Waals surface area contributed by atoms with E-state index in [9.17, 15) is 4.39 Å². The minimum atomic E-state index is -0.288. The first-order valence-corrected chi connectivity index (χ1v) is 9.46. The van der Waals surface area contributed by atoms with Crippen LogP contribution in [0.3, 0.4) is 0 Å². The maximum atomic E-state index is 14.6. The lowest BCUT2D eigenvalue weighted by atomic mass is 9.91. The van der Waals surface area contributed by atoms with Gasteiger partial charge in [0.2, 0.25) is 0 Å². The van der Waals surface area contributed by atoms with Crippen LogP contribution < -0.4 is 5.73 Å². The van der Waals surface area contributed by atoms with Gasteiger partial charge in [-0.2, -0.15) is 0 Å². The maximum Gasteiger partial charge on any atom is 0.157 e. The first-order chi connectivity index (χ1) is 13.7. The van der Waals surface area contributed by atoms with Crippen molar-refractivity contribution in [3.05, 3.63) is 54.7 Å². The van der Waals surface area contributed by atoms with Gasteiger partial charge in [-0.1, -0.05) is 17.3 Å². The molecule has 0 saturated heterocycles. The highest BCUT2D eigenvalue weighted by Crippen LogP contribution is 2.36. The molecule has 0 aliphatic heterocycles. The SMILES string of the molecule is N[C@H]1CCC[C@@H](n2c(-c3ccccc3F)nc3cc(-n4ccnn4)ncc32)C1. The van der Waals surface area contributed by atoms with Gasteiger partial charge in [-0.15, -0.1) is 5.10 Å². The van der Waals surface area contributed by atoms with Crippen LogP contribution in [0.4, 0.5) is 4.39 Å². The topological polar surface area (TPSA) is 87.4 Å². The van der Waals surface area contributed by atoms with Crippen molar-refractivity contribution in [3.8, 4) is 17.2 Å². The third kappa shape index (κ3) is 2.86. The third-order valence-corrected chi connectivity index (χ3v) is 5.39. The average molecular weight is 377 g/mol. The smallest absolute Gasteiger partial charge is 0.157 e. The minimum absolute atomic E-state index is 0.145. The number of halogens is 1. The highest BCUT2D eigenvalue weighted by Gasteiger charge is 2.26. The molecule has 3 heterocycles. The highest BCUT2D eigenvalue weighted by atomic mass is 19.1. The summed E-state index contributed by atoms with van der Waals surface area (Å²) >= 11 is 0. The quantitative estimate of drug-likeness (QED) is 0.592. The highest BCUT2D eigenvalue weighted by molar-refractivity contribution is 5.81. The van der Waals surface area contributed by atoms with Gasteiger partial charge in [0, 0.05) is 18.2 Å².